The van der Waals surface area contributed by atoms with Gasteiger partial charge >= 0.3 is 12.1 Å². The number of aromatic carboxylic acids is 1. The van der Waals surface area contributed by atoms with Gasteiger partial charge in [0.1, 0.15) is 5.52 Å². The van der Waals surface area contributed by atoms with Crippen molar-refractivity contribution in [3.05, 3.63) is 41.2 Å². The SMILES string of the molecule is CCC(CC)N(C)c1nc2nc(C(=O)O)nc(N[C@H](C)C3CCC3)c2n1Cc1ccc(C(F)(F)F)cc1. The van der Waals surface area contributed by atoms with Gasteiger partial charge in [-0.15, -0.1) is 0 Å². The fraction of sp³-hybridized carbons (Fsp3) is 0.538. The lowest BCUT2D eigenvalue weighted by molar-refractivity contribution is -0.137. The van der Waals surface area contributed by atoms with Crippen LogP contribution in [0.15, 0.2) is 24.3 Å². The summed E-state index contributed by atoms with van der Waals surface area (Å²) in [5, 5.41) is 13.1. The summed E-state index contributed by atoms with van der Waals surface area (Å²) >= 11 is 0. The van der Waals surface area contributed by atoms with Crippen molar-refractivity contribution in [3.63, 3.8) is 0 Å². The largest absolute Gasteiger partial charge is 0.475 e. The van der Waals surface area contributed by atoms with E-state index in [2.05, 4.69) is 29.1 Å². The molecule has 1 saturated carbocycles. The predicted octanol–water partition coefficient (Wildman–Crippen LogP) is 5.82. The highest BCUT2D eigenvalue weighted by atomic mass is 19.4. The van der Waals surface area contributed by atoms with Gasteiger partial charge in [0.15, 0.2) is 11.5 Å². The van der Waals surface area contributed by atoms with E-state index in [9.17, 15) is 23.1 Å². The topological polar surface area (TPSA) is 96.2 Å². The van der Waals surface area contributed by atoms with E-state index in [1.54, 1.807) is 0 Å². The van der Waals surface area contributed by atoms with Crippen LogP contribution in [0.4, 0.5) is 24.9 Å². The third-order valence-corrected chi connectivity index (χ3v) is 7.42. The normalized spacial score (nSPS) is 15.1. The first-order valence-corrected chi connectivity index (χ1v) is 12.7. The fourth-order valence-electron chi connectivity index (χ4n) is 4.89. The van der Waals surface area contributed by atoms with E-state index < -0.39 is 17.7 Å². The number of benzene rings is 1. The van der Waals surface area contributed by atoms with Crippen molar-refractivity contribution in [2.45, 2.75) is 77.7 Å². The van der Waals surface area contributed by atoms with Crippen LogP contribution in [0.2, 0.25) is 0 Å². The average molecular weight is 519 g/mol. The second-order valence-electron chi connectivity index (χ2n) is 9.77. The lowest BCUT2D eigenvalue weighted by Crippen LogP contribution is -2.33. The molecule has 1 fully saturated rings. The number of carbonyl (C=O) groups is 1. The van der Waals surface area contributed by atoms with Gasteiger partial charge in [-0.05, 0) is 56.2 Å². The van der Waals surface area contributed by atoms with Gasteiger partial charge in [0, 0.05) is 19.1 Å². The number of nitrogens with zero attached hydrogens (tertiary/aromatic N) is 5. The van der Waals surface area contributed by atoms with Gasteiger partial charge in [0.2, 0.25) is 11.8 Å². The van der Waals surface area contributed by atoms with E-state index in [4.69, 9.17) is 4.98 Å². The number of carboxylic acid groups (broad SMARTS) is 1. The zero-order valence-electron chi connectivity index (χ0n) is 21.5. The van der Waals surface area contributed by atoms with Crippen LogP contribution in [0.25, 0.3) is 11.2 Å². The Labute approximate surface area is 213 Å². The van der Waals surface area contributed by atoms with Crippen molar-refractivity contribution in [2.24, 2.45) is 5.92 Å². The zero-order chi connectivity index (χ0) is 26.9. The molecule has 0 saturated heterocycles. The first-order chi connectivity index (χ1) is 17.5. The van der Waals surface area contributed by atoms with E-state index in [1.165, 1.54) is 12.1 Å². The number of carboxylic acids is 1. The van der Waals surface area contributed by atoms with Gasteiger partial charge in [-0.3, -0.25) is 0 Å². The van der Waals surface area contributed by atoms with Gasteiger partial charge in [-0.1, -0.05) is 32.4 Å². The molecule has 8 nitrogen and oxygen atoms in total. The number of halogens is 3. The van der Waals surface area contributed by atoms with Crippen LogP contribution in [0.3, 0.4) is 0 Å². The van der Waals surface area contributed by atoms with Crippen LogP contribution in [0.5, 0.6) is 0 Å². The molecule has 0 amide bonds. The van der Waals surface area contributed by atoms with Crippen LogP contribution in [0.1, 0.15) is 74.6 Å². The summed E-state index contributed by atoms with van der Waals surface area (Å²) < 4.78 is 41.2. The minimum Gasteiger partial charge on any atom is -0.475 e. The molecule has 37 heavy (non-hydrogen) atoms. The lowest BCUT2D eigenvalue weighted by atomic mass is 9.80. The standard InChI is InChI=1S/C26H33F3N6O2/c1-5-19(6-2)34(4)25-33-22-20(35(25)14-16-10-12-18(13-11-16)26(27,28)29)21(31-23(32-22)24(36)37)30-15(3)17-8-7-9-17/h10-13,15,17,19H,5-9,14H2,1-4H3,(H,36,37)(H,30,31,32)/t15-/m1/s1. The molecule has 1 aliphatic rings. The molecule has 1 aromatic carbocycles. The summed E-state index contributed by atoms with van der Waals surface area (Å²) in [7, 11) is 1.91. The van der Waals surface area contributed by atoms with Crippen molar-refractivity contribution in [1.82, 2.24) is 19.5 Å². The number of hydrogen-bond donors (Lipinski definition) is 2. The predicted molar refractivity (Wildman–Crippen MR) is 136 cm³/mol. The first-order valence-electron chi connectivity index (χ1n) is 12.7. The number of rotatable bonds is 10. The van der Waals surface area contributed by atoms with Crippen molar-refractivity contribution < 1.29 is 23.1 Å². The molecule has 3 aromatic rings. The van der Waals surface area contributed by atoms with Crippen LogP contribution in [0, 0.1) is 5.92 Å². The van der Waals surface area contributed by atoms with Crippen LogP contribution in [-0.2, 0) is 12.7 Å². The molecule has 2 aromatic heterocycles. The fourth-order valence-corrected chi connectivity index (χ4v) is 4.89. The molecule has 11 heteroatoms. The Kier molecular flexibility index (Phi) is 7.61. The van der Waals surface area contributed by atoms with Gasteiger partial charge in [-0.25, -0.2) is 14.8 Å². The molecule has 0 spiro atoms. The Bertz CT molecular complexity index is 1250. The molecular formula is C26H33F3N6O2. The summed E-state index contributed by atoms with van der Waals surface area (Å²) in [6.45, 7) is 6.41. The molecule has 200 valence electrons. The Morgan fingerprint density at radius 2 is 1.81 bits per heavy atom. The number of hydrogen-bond acceptors (Lipinski definition) is 6. The van der Waals surface area contributed by atoms with Crippen LogP contribution in [-0.4, -0.2) is 49.7 Å². The molecule has 2 N–H and O–H groups in total. The van der Waals surface area contributed by atoms with Gasteiger partial charge in [0.05, 0.1) is 12.1 Å². The monoisotopic (exact) mass is 518 g/mol. The van der Waals surface area contributed by atoms with Gasteiger partial charge in [-0.2, -0.15) is 18.2 Å². The molecule has 1 atom stereocenters. The lowest BCUT2D eigenvalue weighted by Gasteiger charge is -2.32. The second kappa shape index (κ2) is 10.5. The van der Waals surface area contributed by atoms with E-state index >= 15 is 0 Å². The molecule has 4 rings (SSSR count). The highest BCUT2D eigenvalue weighted by Crippen LogP contribution is 2.34. The van der Waals surface area contributed by atoms with Crippen molar-refractivity contribution in [1.29, 1.82) is 0 Å². The third-order valence-electron chi connectivity index (χ3n) is 7.42. The highest BCUT2D eigenvalue weighted by Gasteiger charge is 2.31. The molecule has 0 radical (unpaired) electrons. The van der Waals surface area contributed by atoms with Crippen molar-refractivity contribution in [3.8, 4) is 0 Å². The molecule has 1 aliphatic carbocycles. The number of aromatic nitrogens is 4. The second-order valence-corrected chi connectivity index (χ2v) is 9.77. The summed E-state index contributed by atoms with van der Waals surface area (Å²) in [5.74, 6) is -0.235. The van der Waals surface area contributed by atoms with Gasteiger partial charge in [0.25, 0.3) is 0 Å². The molecular weight excluding hydrogens is 485 g/mol. The summed E-state index contributed by atoms with van der Waals surface area (Å²) in [6.07, 6.45) is 0.616. The van der Waals surface area contributed by atoms with E-state index in [1.807, 2.05) is 23.4 Å². The van der Waals surface area contributed by atoms with Crippen LogP contribution < -0.4 is 10.2 Å². The number of imidazole rings is 1. The van der Waals surface area contributed by atoms with E-state index in [-0.39, 0.29) is 30.1 Å². The summed E-state index contributed by atoms with van der Waals surface area (Å²) in [5.41, 5.74) is 0.693. The van der Waals surface area contributed by atoms with Gasteiger partial charge < -0.3 is 19.9 Å². The Morgan fingerprint density at radius 3 is 2.32 bits per heavy atom. The maximum absolute atomic E-state index is 13.1. The quantitative estimate of drug-likeness (QED) is 0.349. The summed E-state index contributed by atoms with van der Waals surface area (Å²) in [6, 6.07) is 5.24. The average Bonchev–Trinajstić information content (AvgIpc) is 3.16. The van der Waals surface area contributed by atoms with Crippen molar-refractivity contribution >= 4 is 28.9 Å². The minimum atomic E-state index is -4.42. The maximum atomic E-state index is 13.1. The maximum Gasteiger partial charge on any atom is 0.416 e. The molecule has 0 bridgehead atoms. The number of nitrogens with one attached hydrogen (secondary N) is 1. The zero-order valence-corrected chi connectivity index (χ0v) is 21.5. The molecule has 0 aliphatic heterocycles. The van der Waals surface area contributed by atoms with Crippen LogP contribution >= 0.6 is 0 Å². The Balaban J connectivity index is 1.86. The number of alkyl halides is 3. The summed E-state index contributed by atoms with van der Waals surface area (Å²) in [4.78, 5) is 27.1. The minimum absolute atomic E-state index is 0.0584. The smallest absolute Gasteiger partial charge is 0.416 e. The van der Waals surface area contributed by atoms with E-state index in [0.29, 0.717) is 28.8 Å². The number of anilines is 2. The van der Waals surface area contributed by atoms with E-state index in [0.717, 1.165) is 44.2 Å². The molecule has 2 heterocycles. The molecule has 0 unspecified atom stereocenters. The first kappa shape index (κ1) is 26.7. The highest BCUT2D eigenvalue weighted by molar-refractivity contribution is 5.91. The Morgan fingerprint density at radius 1 is 1.16 bits per heavy atom. The third kappa shape index (κ3) is 5.50. The Hall–Kier alpha value is -3.37. The number of fused-ring (bicyclic) bond motifs is 1. The van der Waals surface area contributed by atoms with Crippen molar-refractivity contribution in [2.75, 3.05) is 17.3 Å².